The zero-order chi connectivity index (χ0) is 13.2. The van der Waals surface area contributed by atoms with Gasteiger partial charge in [0.2, 0.25) is 5.82 Å². The summed E-state index contributed by atoms with van der Waals surface area (Å²) >= 11 is 0. The van der Waals surface area contributed by atoms with Crippen molar-refractivity contribution in [2.24, 2.45) is 5.73 Å². The van der Waals surface area contributed by atoms with Crippen molar-refractivity contribution < 1.29 is 9.78 Å². The summed E-state index contributed by atoms with van der Waals surface area (Å²) in [5.74, 6) is 0.598. The molecule has 19 heavy (non-hydrogen) atoms. The van der Waals surface area contributed by atoms with Crippen molar-refractivity contribution in [3.05, 3.63) is 36.7 Å². The van der Waals surface area contributed by atoms with Gasteiger partial charge in [0.15, 0.2) is 0 Å². The molecule has 3 rings (SSSR count). The molecule has 0 aliphatic rings. The highest BCUT2D eigenvalue weighted by Gasteiger charge is 2.09. The van der Waals surface area contributed by atoms with Crippen LogP contribution in [0.4, 0.5) is 11.6 Å². The quantitative estimate of drug-likeness (QED) is 0.609. The number of aromatic nitrogens is 5. The van der Waals surface area contributed by atoms with Crippen molar-refractivity contribution in [1.82, 2.24) is 19.9 Å². The third-order valence-corrected chi connectivity index (χ3v) is 2.52. The molecule has 0 radical (unpaired) electrons. The molecule has 0 spiro atoms. The molecular weight excluding hydrogens is 246 g/mol. The van der Waals surface area contributed by atoms with Crippen LogP contribution in [0.3, 0.4) is 0 Å². The van der Waals surface area contributed by atoms with Crippen LogP contribution < -0.4 is 16.0 Å². The number of rotatable bonds is 3. The summed E-state index contributed by atoms with van der Waals surface area (Å²) in [4.78, 5) is 29.0. The monoisotopic (exact) mass is 256 g/mol. The molecule has 0 fully saturated rings. The number of pyridine rings is 1. The Hall–Kier alpha value is -3.03. The fraction of sp³-hybridized carbons (Fsp3) is 0. The van der Waals surface area contributed by atoms with Crippen molar-refractivity contribution in [1.29, 1.82) is 0 Å². The second-order valence-electron chi connectivity index (χ2n) is 3.82. The number of nitrogens with one attached hydrogen (secondary N) is 3. The largest absolute Gasteiger partial charge is 0.364 e. The number of H-pyrrole nitrogens is 2. The van der Waals surface area contributed by atoms with Gasteiger partial charge in [-0.25, -0.2) is 25.3 Å². The summed E-state index contributed by atoms with van der Waals surface area (Å²) < 4.78 is 0. The van der Waals surface area contributed by atoms with E-state index >= 15 is 0 Å². The number of imidazole rings is 1. The number of fused-ring (bicyclic) bond motifs is 1. The third-order valence-electron chi connectivity index (χ3n) is 2.52. The number of hydrogen-bond acceptors (Lipinski definition) is 5. The van der Waals surface area contributed by atoms with E-state index in [0.717, 1.165) is 11.0 Å². The van der Waals surface area contributed by atoms with E-state index < -0.39 is 5.91 Å². The van der Waals surface area contributed by atoms with E-state index in [9.17, 15) is 4.79 Å². The molecule has 3 aromatic heterocycles. The lowest BCUT2D eigenvalue weighted by Gasteiger charge is -1.98. The first-order valence-corrected chi connectivity index (χ1v) is 5.46. The molecule has 0 aliphatic heterocycles. The number of primary amides is 1. The minimum atomic E-state index is -0.608. The van der Waals surface area contributed by atoms with Gasteiger partial charge in [0, 0.05) is 0 Å². The van der Waals surface area contributed by atoms with Crippen LogP contribution in [0, 0.1) is 0 Å². The van der Waals surface area contributed by atoms with Crippen LogP contribution in [-0.2, 0) is 0 Å². The van der Waals surface area contributed by atoms with Crippen molar-refractivity contribution in [2.75, 3.05) is 5.32 Å². The number of hydrogen-bond donors (Lipinski definition) is 3. The van der Waals surface area contributed by atoms with Gasteiger partial charge >= 0.3 is 0 Å². The lowest BCUT2D eigenvalue weighted by Crippen LogP contribution is -2.14. The summed E-state index contributed by atoms with van der Waals surface area (Å²) in [6, 6.07) is 1.83. The molecule has 0 saturated carbocycles. The Morgan fingerprint density at radius 2 is 2.21 bits per heavy atom. The first-order valence-electron chi connectivity index (χ1n) is 5.46. The summed E-state index contributed by atoms with van der Waals surface area (Å²) in [7, 11) is 0. The standard InChI is InChI=1S/C11H9N7O/c12-11(19)8-3-15-10(4-13-8)18-9-1-6-7(2-14-9)17-5-16-6/h1-5H,(H2,12,19)(H,16,17)(H,14,15,18)/p+1. The van der Waals surface area contributed by atoms with Crippen LogP contribution in [0.2, 0.25) is 0 Å². The Kier molecular flexibility index (Phi) is 2.53. The number of amides is 1. The molecule has 3 heterocycles. The van der Waals surface area contributed by atoms with E-state index in [1.807, 2.05) is 6.07 Å². The average molecular weight is 256 g/mol. The normalized spacial score (nSPS) is 10.5. The van der Waals surface area contributed by atoms with E-state index in [0.29, 0.717) is 11.6 Å². The van der Waals surface area contributed by atoms with Crippen molar-refractivity contribution in [3.8, 4) is 0 Å². The predicted octanol–water partition coefficient (Wildman–Crippen LogP) is 0.00950. The second-order valence-corrected chi connectivity index (χ2v) is 3.82. The molecule has 0 unspecified atom stereocenters. The van der Waals surface area contributed by atoms with Crippen molar-refractivity contribution in [3.63, 3.8) is 0 Å². The van der Waals surface area contributed by atoms with Gasteiger partial charge in [-0.3, -0.25) is 4.79 Å². The van der Waals surface area contributed by atoms with Crippen molar-refractivity contribution in [2.45, 2.75) is 0 Å². The minimum Gasteiger partial charge on any atom is -0.364 e. The van der Waals surface area contributed by atoms with Crippen molar-refractivity contribution >= 4 is 28.6 Å². The average Bonchev–Trinajstić information content (AvgIpc) is 2.87. The first-order chi connectivity index (χ1) is 9.22. The van der Waals surface area contributed by atoms with E-state index in [-0.39, 0.29) is 5.69 Å². The maximum absolute atomic E-state index is 10.9. The summed E-state index contributed by atoms with van der Waals surface area (Å²) in [5, 5.41) is 3.02. The Morgan fingerprint density at radius 3 is 2.95 bits per heavy atom. The van der Waals surface area contributed by atoms with E-state index in [1.165, 1.54) is 12.4 Å². The van der Waals surface area contributed by atoms with Crippen LogP contribution >= 0.6 is 0 Å². The maximum atomic E-state index is 10.9. The van der Waals surface area contributed by atoms with Gasteiger partial charge in [0.25, 0.3) is 11.7 Å². The van der Waals surface area contributed by atoms with Gasteiger partial charge in [-0.05, 0) is 0 Å². The number of carbonyl (C=O) groups is 1. The molecule has 94 valence electrons. The second kappa shape index (κ2) is 4.33. The van der Waals surface area contributed by atoms with Crippen LogP contribution in [-0.4, -0.2) is 25.8 Å². The molecule has 0 aromatic carbocycles. The molecule has 0 bridgehead atoms. The molecule has 3 aromatic rings. The van der Waals surface area contributed by atoms with Crippen LogP contribution in [0.1, 0.15) is 10.5 Å². The number of carbonyl (C=O) groups excluding carboxylic acids is 1. The lowest BCUT2D eigenvalue weighted by atomic mass is 10.4. The van der Waals surface area contributed by atoms with Gasteiger partial charge in [0.05, 0.1) is 24.8 Å². The Bertz CT molecular complexity index is 734. The Balaban J connectivity index is 1.85. The molecule has 1 amide bonds. The van der Waals surface area contributed by atoms with Crippen LogP contribution in [0.25, 0.3) is 11.0 Å². The number of anilines is 2. The minimum absolute atomic E-state index is 0.122. The molecule has 0 saturated heterocycles. The van der Waals surface area contributed by atoms with E-state index in [4.69, 9.17) is 5.73 Å². The summed E-state index contributed by atoms with van der Waals surface area (Å²) in [6.07, 6.45) is 6.15. The van der Waals surface area contributed by atoms with E-state index in [1.54, 1.807) is 12.5 Å². The number of nitrogens with zero attached hydrogens (tertiary/aromatic N) is 3. The first kappa shape index (κ1) is 11.1. The lowest BCUT2D eigenvalue weighted by molar-refractivity contribution is -0.358. The summed E-state index contributed by atoms with van der Waals surface area (Å²) in [6.45, 7) is 0. The fourth-order valence-corrected chi connectivity index (χ4v) is 1.60. The predicted molar refractivity (Wildman–Crippen MR) is 66.5 cm³/mol. The zero-order valence-corrected chi connectivity index (χ0v) is 9.71. The molecule has 8 heteroatoms. The van der Waals surface area contributed by atoms with E-state index in [2.05, 4.69) is 30.2 Å². The molecule has 5 N–H and O–H groups in total. The third kappa shape index (κ3) is 2.18. The molecule has 0 aliphatic carbocycles. The molecule has 8 nitrogen and oxygen atoms in total. The number of nitrogens with two attached hydrogens (primary N) is 1. The van der Waals surface area contributed by atoms with Crippen LogP contribution in [0.15, 0.2) is 31.0 Å². The van der Waals surface area contributed by atoms with Gasteiger partial charge in [-0.2, -0.15) is 0 Å². The molecular formula is C11H10N7O+. The zero-order valence-electron chi connectivity index (χ0n) is 9.71. The van der Waals surface area contributed by atoms with Gasteiger partial charge < -0.3 is 10.7 Å². The smallest absolute Gasteiger partial charge is 0.280 e. The van der Waals surface area contributed by atoms with Gasteiger partial charge in [0.1, 0.15) is 22.9 Å². The highest BCUT2D eigenvalue weighted by molar-refractivity contribution is 5.90. The maximum Gasteiger partial charge on any atom is 0.280 e. The SMILES string of the molecule is NC(=O)c1cnc(Nc2cc3nc[nH]c3c[nH+]2)cn1. The Labute approximate surface area is 107 Å². The topological polar surface area (TPSA) is 124 Å². The molecule has 0 atom stereocenters. The summed E-state index contributed by atoms with van der Waals surface area (Å²) in [5.41, 5.74) is 6.94. The van der Waals surface area contributed by atoms with Crippen LogP contribution in [0.5, 0.6) is 0 Å². The Morgan fingerprint density at radius 1 is 1.32 bits per heavy atom. The highest BCUT2D eigenvalue weighted by atomic mass is 16.1. The highest BCUT2D eigenvalue weighted by Crippen LogP contribution is 2.12. The fourth-order valence-electron chi connectivity index (χ4n) is 1.60. The number of aromatic amines is 2. The van der Waals surface area contributed by atoms with Gasteiger partial charge in [-0.15, -0.1) is 0 Å². The van der Waals surface area contributed by atoms with Gasteiger partial charge in [-0.1, -0.05) is 0 Å².